The molecule has 0 saturated carbocycles. The molecule has 0 unspecified atom stereocenters. The highest BCUT2D eigenvalue weighted by molar-refractivity contribution is 7.21. The van der Waals surface area contributed by atoms with Gasteiger partial charge in [0.15, 0.2) is 16.1 Å². The molecule has 0 amide bonds. The quantitative estimate of drug-likeness (QED) is 0.0906. The van der Waals surface area contributed by atoms with Crippen LogP contribution in [0.15, 0.2) is 334 Å². The molecule has 0 atom stereocenters. The summed E-state index contributed by atoms with van der Waals surface area (Å²) in [6.07, 6.45) is 0. The summed E-state index contributed by atoms with van der Waals surface area (Å²) in [6.45, 7) is 0. The lowest BCUT2D eigenvalue weighted by Gasteiger charge is -2.35. The number of hydrogen-bond acceptors (Lipinski definition) is 0. The lowest BCUT2D eigenvalue weighted by molar-refractivity contribution is 1.16. The third-order valence-electron chi connectivity index (χ3n) is 17.7. The molecule has 0 aliphatic rings. The largest absolute Gasteiger partial charge is 0.309 e. The molecular formula is C78H55N3Si2. The van der Waals surface area contributed by atoms with Crippen LogP contribution in [0, 0.1) is 0 Å². The van der Waals surface area contributed by atoms with Crippen molar-refractivity contribution in [3.05, 3.63) is 334 Å². The number of para-hydroxylation sites is 3. The summed E-state index contributed by atoms with van der Waals surface area (Å²) in [5.74, 6) is 0. The second kappa shape index (κ2) is 19.7. The number of fused-ring (bicyclic) bond motifs is 9. The summed E-state index contributed by atoms with van der Waals surface area (Å²) < 4.78 is 7.52. The van der Waals surface area contributed by atoms with Crippen LogP contribution < -0.4 is 41.5 Å². The van der Waals surface area contributed by atoms with Gasteiger partial charge in [0.1, 0.15) is 0 Å². The minimum Gasteiger partial charge on any atom is -0.309 e. The summed E-state index contributed by atoms with van der Waals surface area (Å²) >= 11 is 0. The molecule has 0 radical (unpaired) electrons. The summed E-state index contributed by atoms with van der Waals surface area (Å²) in [5, 5.41) is 18.2. The third kappa shape index (κ3) is 7.42. The predicted octanol–water partition coefficient (Wildman–Crippen LogP) is 13.7. The van der Waals surface area contributed by atoms with Gasteiger partial charge in [0.05, 0.1) is 33.1 Å². The number of rotatable bonds is 11. The van der Waals surface area contributed by atoms with E-state index in [0.29, 0.717) is 0 Å². The maximum Gasteiger partial charge on any atom is 0.180 e. The van der Waals surface area contributed by atoms with Gasteiger partial charge >= 0.3 is 0 Å². The van der Waals surface area contributed by atoms with E-state index >= 15 is 0 Å². The molecule has 5 heteroatoms. The zero-order valence-electron chi connectivity index (χ0n) is 45.6. The van der Waals surface area contributed by atoms with Gasteiger partial charge in [-0.2, -0.15) is 0 Å². The molecule has 16 rings (SSSR count). The fourth-order valence-corrected chi connectivity index (χ4v) is 24.1. The standard InChI is InChI=1S/C78H55N3Si2/c1-7-28-59(29-8-1)82(60-30-9-2-10-31-60,61-32-11-3-12-33-61)65-40-25-27-56(53-65)79-73-46-24-21-43-68(73)69-54-57(49-51-74(69)79)81-75-52-50-58(80-71-44-22-19-41-66(71)67-42-20-23-45-72(67)80)55-70(75)78-76(81)47-26-48-77(78)83(62-34-13-4-14-35-62,63-36-15-5-16-37-63)64-38-17-6-18-39-64/h1-55H. The van der Waals surface area contributed by atoms with E-state index in [1.54, 1.807) is 0 Å². The van der Waals surface area contributed by atoms with Gasteiger partial charge in [-0.1, -0.05) is 261 Å². The summed E-state index contributed by atoms with van der Waals surface area (Å²) in [6, 6.07) is 125. The van der Waals surface area contributed by atoms with Gasteiger partial charge in [-0.05, 0) is 114 Å². The van der Waals surface area contributed by atoms with Crippen molar-refractivity contribution >= 4 is 123 Å². The molecule has 3 aromatic heterocycles. The van der Waals surface area contributed by atoms with E-state index in [0.717, 1.165) is 28.1 Å². The molecule has 0 N–H and O–H groups in total. The maximum atomic E-state index is 2.55. The molecule has 0 fully saturated rings. The third-order valence-corrected chi connectivity index (χ3v) is 27.3. The summed E-state index contributed by atoms with van der Waals surface area (Å²) in [7, 11) is -5.88. The Bertz CT molecular complexity index is 4820. The molecule has 83 heavy (non-hydrogen) atoms. The van der Waals surface area contributed by atoms with Gasteiger partial charge in [0, 0.05) is 49.4 Å². The Morgan fingerprint density at radius 2 is 0.482 bits per heavy atom. The molecule has 0 aliphatic heterocycles. The lowest BCUT2D eigenvalue weighted by Crippen LogP contribution is -2.74. The highest BCUT2D eigenvalue weighted by Crippen LogP contribution is 2.40. The minimum absolute atomic E-state index is 1.12. The van der Waals surface area contributed by atoms with Crippen molar-refractivity contribution in [1.29, 1.82) is 0 Å². The van der Waals surface area contributed by atoms with Crippen LogP contribution in [0.1, 0.15) is 0 Å². The predicted molar refractivity (Wildman–Crippen MR) is 357 cm³/mol. The van der Waals surface area contributed by atoms with Crippen LogP contribution in [0.3, 0.4) is 0 Å². The monoisotopic (exact) mass is 1090 g/mol. The summed E-state index contributed by atoms with van der Waals surface area (Å²) in [5.41, 5.74) is 10.5. The molecule has 0 spiro atoms. The van der Waals surface area contributed by atoms with Gasteiger partial charge in [0.25, 0.3) is 0 Å². The van der Waals surface area contributed by atoms with Crippen LogP contribution in [0.25, 0.3) is 82.5 Å². The highest BCUT2D eigenvalue weighted by atomic mass is 28.3. The summed E-state index contributed by atoms with van der Waals surface area (Å²) in [4.78, 5) is 0. The van der Waals surface area contributed by atoms with E-state index < -0.39 is 16.1 Å². The first-order chi connectivity index (χ1) is 41.2. The topological polar surface area (TPSA) is 14.8 Å². The van der Waals surface area contributed by atoms with Crippen LogP contribution in [0.2, 0.25) is 0 Å². The van der Waals surface area contributed by atoms with Gasteiger partial charge in [0.2, 0.25) is 0 Å². The van der Waals surface area contributed by atoms with E-state index in [9.17, 15) is 0 Å². The van der Waals surface area contributed by atoms with Gasteiger partial charge in [-0.15, -0.1) is 0 Å². The first-order valence-electron chi connectivity index (χ1n) is 28.8. The van der Waals surface area contributed by atoms with Crippen molar-refractivity contribution in [3.63, 3.8) is 0 Å². The number of benzene rings is 13. The van der Waals surface area contributed by atoms with Crippen LogP contribution >= 0.6 is 0 Å². The van der Waals surface area contributed by atoms with Gasteiger partial charge in [-0.25, -0.2) is 0 Å². The molecule has 0 saturated heterocycles. The molecule has 0 aliphatic carbocycles. The molecular weight excluding hydrogens is 1040 g/mol. The minimum atomic E-state index is -3.06. The molecule has 0 bridgehead atoms. The molecule has 3 heterocycles. The highest BCUT2D eigenvalue weighted by Gasteiger charge is 2.44. The molecule has 13 aromatic carbocycles. The Morgan fingerprint density at radius 3 is 0.928 bits per heavy atom. The van der Waals surface area contributed by atoms with Crippen LogP contribution in [0.4, 0.5) is 0 Å². The first-order valence-corrected chi connectivity index (χ1v) is 32.8. The second-order valence-electron chi connectivity index (χ2n) is 21.9. The van der Waals surface area contributed by atoms with Crippen molar-refractivity contribution < 1.29 is 0 Å². The number of nitrogens with zero attached hydrogens (tertiary/aromatic N) is 3. The molecule has 3 nitrogen and oxygen atoms in total. The van der Waals surface area contributed by atoms with E-state index in [4.69, 9.17) is 0 Å². The Balaban J connectivity index is 0.970. The maximum absolute atomic E-state index is 3.06. The van der Waals surface area contributed by atoms with Crippen molar-refractivity contribution in [1.82, 2.24) is 13.7 Å². The Kier molecular flexibility index (Phi) is 11.6. The molecule has 16 aromatic rings. The fourth-order valence-electron chi connectivity index (χ4n) is 14.3. The normalized spacial score (nSPS) is 12.1. The average molecular weight is 1090 g/mol. The smallest absolute Gasteiger partial charge is 0.180 e. The SMILES string of the molecule is c1ccc([Si](c2ccccc2)(c2ccccc2)c2cccc(-n3c4ccccc4c4cc(-n5c6ccc(-n7c8ccccc8c8ccccc87)cc6c6c([Si](c7ccccc7)(c7ccccc7)c7ccccc7)cccc65)ccc43)c2)cc1. The fraction of sp³-hybridized carbons (Fsp3) is 0. The van der Waals surface area contributed by atoms with Gasteiger partial charge < -0.3 is 13.7 Å². The zero-order chi connectivity index (χ0) is 54.9. The van der Waals surface area contributed by atoms with Crippen LogP contribution in [-0.2, 0) is 0 Å². The van der Waals surface area contributed by atoms with Gasteiger partial charge in [-0.3, -0.25) is 0 Å². The lowest BCUT2D eigenvalue weighted by atomic mass is 10.1. The zero-order valence-corrected chi connectivity index (χ0v) is 47.6. The molecule has 390 valence electrons. The van der Waals surface area contributed by atoms with E-state index in [-0.39, 0.29) is 0 Å². The Hall–Kier alpha value is -10.3. The van der Waals surface area contributed by atoms with Crippen LogP contribution in [-0.4, -0.2) is 29.8 Å². The van der Waals surface area contributed by atoms with E-state index in [2.05, 4.69) is 347 Å². The van der Waals surface area contributed by atoms with Crippen molar-refractivity contribution in [2.24, 2.45) is 0 Å². The second-order valence-corrected chi connectivity index (χ2v) is 29.5. The van der Waals surface area contributed by atoms with E-state index in [1.807, 2.05) is 0 Å². The Labute approximate surface area is 484 Å². The number of hydrogen-bond donors (Lipinski definition) is 0. The van der Waals surface area contributed by atoms with Crippen molar-refractivity contribution in [2.45, 2.75) is 0 Å². The average Bonchev–Trinajstić information content (AvgIpc) is 2.07. The number of aromatic nitrogens is 3. The van der Waals surface area contributed by atoms with Crippen molar-refractivity contribution in [2.75, 3.05) is 0 Å². The Morgan fingerprint density at radius 1 is 0.181 bits per heavy atom. The first kappa shape index (κ1) is 48.6. The van der Waals surface area contributed by atoms with Crippen LogP contribution in [0.5, 0.6) is 0 Å². The van der Waals surface area contributed by atoms with E-state index in [1.165, 1.54) is 95.9 Å². The van der Waals surface area contributed by atoms with Crippen molar-refractivity contribution in [3.8, 4) is 17.1 Å².